The van der Waals surface area contributed by atoms with Crippen LogP contribution in [-0.4, -0.2) is 19.1 Å². The Bertz CT molecular complexity index is 336. The molecule has 0 radical (unpaired) electrons. The lowest BCUT2D eigenvalue weighted by Crippen LogP contribution is -2.21. The van der Waals surface area contributed by atoms with Crippen LogP contribution in [-0.2, 0) is 11.2 Å². The molecule has 88 valence electrons. The molecule has 0 aliphatic carbocycles. The van der Waals surface area contributed by atoms with Crippen LogP contribution in [0.4, 0.5) is 0 Å². The Balaban J connectivity index is 2.43. The number of ether oxygens (including phenoxy) is 1. The summed E-state index contributed by atoms with van der Waals surface area (Å²) >= 11 is 0. The summed E-state index contributed by atoms with van der Waals surface area (Å²) in [5, 5.41) is 2.79. The first-order valence-electron chi connectivity index (χ1n) is 5.69. The van der Waals surface area contributed by atoms with Gasteiger partial charge in [0.1, 0.15) is 5.75 Å². The van der Waals surface area contributed by atoms with Crippen molar-refractivity contribution < 1.29 is 9.53 Å². The van der Waals surface area contributed by atoms with Crippen LogP contribution in [0.25, 0.3) is 0 Å². The van der Waals surface area contributed by atoms with Crippen molar-refractivity contribution in [2.75, 3.05) is 13.2 Å². The van der Waals surface area contributed by atoms with E-state index in [1.165, 1.54) is 12.5 Å². The third-order valence-corrected chi connectivity index (χ3v) is 2.27. The van der Waals surface area contributed by atoms with E-state index in [0.29, 0.717) is 6.61 Å². The standard InChI is InChI=1S/C13H19NO2/c1-3-16-13-9-5-4-7-12(13)8-6-10-14-11(2)15/h4-5,7,9H,3,6,8,10H2,1-2H3,(H,14,15). The molecule has 16 heavy (non-hydrogen) atoms. The molecule has 0 atom stereocenters. The van der Waals surface area contributed by atoms with Crippen molar-refractivity contribution in [3.63, 3.8) is 0 Å². The van der Waals surface area contributed by atoms with Gasteiger partial charge in [-0.15, -0.1) is 0 Å². The zero-order chi connectivity index (χ0) is 11.8. The molecule has 0 bridgehead atoms. The SMILES string of the molecule is CCOc1ccccc1CCCNC(C)=O. The smallest absolute Gasteiger partial charge is 0.216 e. The Morgan fingerprint density at radius 2 is 2.12 bits per heavy atom. The van der Waals surface area contributed by atoms with E-state index in [1.807, 2.05) is 25.1 Å². The number of amides is 1. The van der Waals surface area contributed by atoms with E-state index in [2.05, 4.69) is 11.4 Å². The monoisotopic (exact) mass is 221 g/mol. The number of para-hydroxylation sites is 1. The second-order valence-electron chi connectivity index (χ2n) is 3.63. The fourth-order valence-corrected chi connectivity index (χ4v) is 1.55. The lowest BCUT2D eigenvalue weighted by Gasteiger charge is -2.09. The van der Waals surface area contributed by atoms with Gasteiger partial charge >= 0.3 is 0 Å². The van der Waals surface area contributed by atoms with E-state index in [-0.39, 0.29) is 5.91 Å². The van der Waals surface area contributed by atoms with Crippen LogP contribution in [0.3, 0.4) is 0 Å². The molecular formula is C13H19NO2. The highest BCUT2D eigenvalue weighted by molar-refractivity contribution is 5.72. The first kappa shape index (κ1) is 12.6. The molecule has 0 saturated heterocycles. The highest BCUT2D eigenvalue weighted by atomic mass is 16.5. The number of carbonyl (C=O) groups excluding carboxylic acids is 1. The van der Waals surface area contributed by atoms with Crippen LogP contribution in [0.15, 0.2) is 24.3 Å². The summed E-state index contributed by atoms with van der Waals surface area (Å²) in [6.45, 7) is 4.92. The number of aryl methyl sites for hydroxylation is 1. The molecule has 1 aromatic carbocycles. The average Bonchev–Trinajstić information content (AvgIpc) is 2.26. The summed E-state index contributed by atoms with van der Waals surface area (Å²) in [5.74, 6) is 0.978. The Morgan fingerprint density at radius 3 is 2.81 bits per heavy atom. The summed E-state index contributed by atoms with van der Waals surface area (Å²) in [6, 6.07) is 8.04. The summed E-state index contributed by atoms with van der Waals surface area (Å²) in [6.07, 6.45) is 1.86. The predicted molar refractivity (Wildman–Crippen MR) is 64.6 cm³/mol. The fourth-order valence-electron chi connectivity index (χ4n) is 1.55. The topological polar surface area (TPSA) is 38.3 Å². The van der Waals surface area contributed by atoms with Crippen LogP contribution in [0, 0.1) is 0 Å². The van der Waals surface area contributed by atoms with Crippen molar-refractivity contribution in [1.82, 2.24) is 5.32 Å². The molecule has 0 aromatic heterocycles. The number of hydrogen-bond acceptors (Lipinski definition) is 2. The molecule has 3 nitrogen and oxygen atoms in total. The van der Waals surface area contributed by atoms with Crippen molar-refractivity contribution in [3.05, 3.63) is 29.8 Å². The van der Waals surface area contributed by atoms with E-state index in [0.717, 1.165) is 25.1 Å². The molecule has 0 spiro atoms. The zero-order valence-corrected chi connectivity index (χ0v) is 9.95. The van der Waals surface area contributed by atoms with Crippen molar-refractivity contribution in [1.29, 1.82) is 0 Å². The highest BCUT2D eigenvalue weighted by Gasteiger charge is 2.01. The molecular weight excluding hydrogens is 202 g/mol. The van der Waals surface area contributed by atoms with Gasteiger partial charge in [0.25, 0.3) is 0 Å². The van der Waals surface area contributed by atoms with Crippen LogP contribution in [0.1, 0.15) is 25.8 Å². The lowest BCUT2D eigenvalue weighted by molar-refractivity contribution is -0.118. The van der Waals surface area contributed by atoms with E-state index in [4.69, 9.17) is 4.74 Å². The maximum atomic E-state index is 10.7. The third-order valence-electron chi connectivity index (χ3n) is 2.27. The first-order chi connectivity index (χ1) is 7.74. The lowest BCUT2D eigenvalue weighted by atomic mass is 10.1. The first-order valence-corrected chi connectivity index (χ1v) is 5.69. The minimum Gasteiger partial charge on any atom is -0.494 e. The van der Waals surface area contributed by atoms with Gasteiger partial charge in [-0.2, -0.15) is 0 Å². The molecule has 0 aliphatic heterocycles. The van der Waals surface area contributed by atoms with Gasteiger partial charge in [0, 0.05) is 13.5 Å². The summed E-state index contributed by atoms with van der Waals surface area (Å²) in [7, 11) is 0. The van der Waals surface area contributed by atoms with Crippen LogP contribution in [0.2, 0.25) is 0 Å². The minimum atomic E-state index is 0.0260. The predicted octanol–water partition coefficient (Wildman–Crippen LogP) is 2.15. The largest absolute Gasteiger partial charge is 0.494 e. The van der Waals surface area contributed by atoms with Crippen molar-refractivity contribution in [3.8, 4) is 5.75 Å². The summed E-state index contributed by atoms with van der Waals surface area (Å²) < 4.78 is 5.53. The maximum Gasteiger partial charge on any atom is 0.216 e. The number of hydrogen-bond donors (Lipinski definition) is 1. The number of carbonyl (C=O) groups is 1. The molecule has 1 rings (SSSR count). The normalized spacial score (nSPS) is 9.88. The Labute approximate surface area is 96.8 Å². The number of nitrogens with one attached hydrogen (secondary N) is 1. The second-order valence-corrected chi connectivity index (χ2v) is 3.63. The molecule has 1 aromatic rings. The minimum absolute atomic E-state index is 0.0260. The molecule has 1 N–H and O–H groups in total. The van der Waals surface area contributed by atoms with E-state index in [1.54, 1.807) is 0 Å². The highest BCUT2D eigenvalue weighted by Crippen LogP contribution is 2.19. The summed E-state index contributed by atoms with van der Waals surface area (Å²) in [4.78, 5) is 10.7. The quantitative estimate of drug-likeness (QED) is 0.747. The molecule has 1 amide bonds. The van der Waals surface area contributed by atoms with E-state index in [9.17, 15) is 4.79 Å². The molecule has 0 heterocycles. The zero-order valence-electron chi connectivity index (χ0n) is 9.95. The molecule has 0 aliphatic rings. The van der Waals surface area contributed by atoms with Gasteiger partial charge < -0.3 is 10.1 Å². The van der Waals surface area contributed by atoms with Crippen molar-refractivity contribution in [2.45, 2.75) is 26.7 Å². The number of benzene rings is 1. The fraction of sp³-hybridized carbons (Fsp3) is 0.462. The maximum absolute atomic E-state index is 10.7. The van der Waals surface area contributed by atoms with E-state index < -0.39 is 0 Å². The Morgan fingerprint density at radius 1 is 1.38 bits per heavy atom. The molecule has 0 fully saturated rings. The van der Waals surface area contributed by atoms with Gasteiger partial charge in [-0.05, 0) is 31.4 Å². The molecule has 3 heteroatoms. The molecule has 0 saturated carbocycles. The average molecular weight is 221 g/mol. The van der Waals surface area contributed by atoms with Gasteiger partial charge in [0.05, 0.1) is 6.61 Å². The van der Waals surface area contributed by atoms with Gasteiger partial charge in [-0.25, -0.2) is 0 Å². The molecule has 0 unspecified atom stereocenters. The van der Waals surface area contributed by atoms with Gasteiger partial charge in [-0.1, -0.05) is 18.2 Å². The Hall–Kier alpha value is -1.51. The van der Waals surface area contributed by atoms with Crippen LogP contribution >= 0.6 is 0 Å². The van der Waals surface area contributed by atoms with Crippen LogP contribution in [0.5, 0.6) is 5.75 Å². The third kappa shape index (κ3) is 4.34. The number of rotatable bonds is 6. The summed E-state index contributed by atoms with van der Waals surface area (Å²) in [5.41, 5.74) is 1.20. The van der Waals surface area contributed by atoms with Crippen molar-refractivity contribution in [2.24, 2.45) is 0 Å². The second kappa shape index (κ2) is 6.88. The van der Waals surface area contributed by atoms with Gasteiger partial charge in [-0.3, -0.25) is 4.79 Å². The Kier molecular flexibility index (Phi) is 5.40. The van der Waals surface area contributed by atoms with Gasteiger partial charge in [0.2, 0.25) is 5.91 Å². The van der Waals surface area contributed by atoms with Crippen molar-refractivity contribution >= 4 is 5.91 Å². The van der Waals surface area contributed by atoms with Gasteiger partial charge in [0.15, 0.2) is 0 Å². The van der Waals surface area contributed by atoms with Crippen LogP contribution < -0.4 is 10.1 Å². The van der Waals surface area contributed by atoms with E-state index >= 15 is 0 Å².